The van der Waals surface area contributed by atoms with Gasteiger partial charge in [0.1, 0.15) is 0 Å². The van der Waals surface area contributed by atoms with E-state index < -0.39 is 0 Å². The summed E-state index contributed by atoms with van der Waals surface area (Å²) in [5.41, 5.74) is 0. The molecule has 0 aliphatic carbocycles. The Hall–Kier alpha value is -1.13. The summed E-state index contributed by atoms with van der Waals surface area (Å²) in [6.45, 7) is 1.85. The Morgan fingerprint density at radius 1 is 1.25 bits per heavy atom. The number of para-hydroxylation sites is 1. The maximum absolute atomic E-state index is 13.2. The molecule has 0 atom stereocenters. The topological polar surface area (TPSA) is 27.7 Å². The minimum Gasteiger partial charge on any atom is -0.490 e. The van der Waals surface area contributed by atoms with E-state index in [4.69, 9.17) is 14.2 Å². The van der Waals surface area contributed by atoms with E-state index in [1.807, 2.05) is 0 Å². The van der Waals surface area contributed by atoms with Crippen molar-refractivity contribution in [2.45, 2.75) is 19.1 Å². The number of ether oxygens (including phenoxy) is 3. The van der Waals surface area contributed by atoms with Gasteiger partial charge in [0.15, 0.2) is 17.9 Å². The van der Waals surface area contributed by atoms with E-state index in [0.29, 0.717) is 13.0 Å². The van der Waals surface area contributed by atoms with Crippen molar-refractivity contribution >= 4 is 0 Å². The SMILES string of the molecule is Fc1ccccc1OCCC1OCCCO1. The third-order valence-electron chi connectivity index (χ3n) is 2.34. The van der Waals surface area contributed by atoms with Crippen LogP contribution in [0.15, 0.2) is 24.3 Å². The van der Waals surface area contributed by atoms with Gasteiger partial charge in [0.2, 0.25) is 0 Å². The van der Waals surface area contributed by atoms with Crippen LogP contribution in [0.2, 0.25) is 0 Å². The Kier molecular flexibility index (Phi) is 4.13. The van der Waals surface area contributed by atoms with E-state index >= 15 is 0 Å². The largest absolute Gasteiger partial charge is 0.490 e. The Labute approximate surface area is 94.1 Å². The van der Waals surface area contributed by atoms with Crippen molar-refractivity contribution in [2.24, 2.45) is 0 Å². The van der Waals surface area contributed by atoms with Crippen LogP contribution in [-0.4, -0.2) is 26.1 Å². The number of hydrogen-bond donors (Lipinski definition) is 0. The van der Waals surface area contributed by atoms with Crippen LogP contribution in [0.1, 0.15) is 12.8 Å². The van der Waals surface area contributed by atoms with Crippen LogP contribution in [-0.2, 0) is 9.47 Å². The highest BCUT2D eigenvalue weighted by Gasteiger charge is 2.14. The summed E-state index contributed by atoms with van der Waals surface area (Å²) in [5.74, 6) is -0.0636. The second-order valence-corrected chi connectivity index (χ2v) is 3.59. The molecule has 0 radical (unpaired) electrons. The molecule has 1 saturated heterocycles. The highest BCUT2D eigenvalue weighted by atomic mass is 19.1. The van der Waals surface area contributed by atoms with Gasteiger partial charge in [-0.1, -0.05) is 12.1 Å². The van der Waals surface area contributed by atoms with E-state index in [9.17, 15) is 4.39 Å². The van der Waals surface area contributed by atoms with Gasteiger partial charge in [-0.05, 0) is 18.6 Å². The Morgan fingerprint density at radius 3 is 2.75 bits per heavy atom. The first-order valence-corrected chi connectivity index (χ1v) is 5.47. The second kappa shape index (κ2) is 5.82. The number of halogens is 1. The zero-order valence-corrected chi connectivity index (χ0v) is 9.02. The molecular formula is C12H15FO3. The van der Waals surface area contributed by atoms with E-state index in [0.717, 1.165) is 19.6 Å². The predicted molar refractivity (Wildman–Crippen MR) is 56.8 cm³/mol. The molecule has 0 aromatic heterocycles. The molecule has 16 heavy (non-hydrogen) atoms. The molecule has 0 spiro atoms. The second-order valence-electron chi connectivity index (χ2n) is 3.59. The fourth-order valence-corrected chi connectivity index (χ4v) is 1.53. The molecule has 1 heterocycles. The molecule has 0 unspecified atom stereocenters. The van der Waals surface area contributed by atoms with Crippen LogP contribution >= 0.6 is 0 Å². The maximum atomic E-state index is 13.2. The molecule has 2 rings (SSSR count). The fraction of sp³-hybridized carbons (Fsp3) is 0.500. The lowest BCUT2D eigenvalue weighted by Gasteiger charge is -2.23. The normalized spacial score (nSPS) is 17.3. The first kappa shape index (κ1) is 11.4. The van der Waals surface area contributed by atoms with Crippen molar-refractivity contribution in [2.75, 3.05) is 19.8 Å². The zero-order valence-electron chi connectivity index (χ0n) is 9.02. The van der Waals surface area contributed by atoms with Gasteiger partial charge in [-0.15, -0.1) is 0 Å². The Balaban J connectivity index is 1.73. The third-order valence-corrected chi connectivity index (χ3v) is 2.34. The Bertz CT molecular complexity index is 324. The summed E-state index contributed by atoms with van der Waals surface area (Å²) < 4.78 is 29.2. The van der Waals surface area contributed by atoms with Crippen LogP contribution in [0.25, 0.3) is 0 Å². The van der Waals surface area contributed by atoms with Gasteiger partial charge < -0.3 is 14.2 Å². The lowest BCUT2D eigenvalue weighted by Crippen LogP contribution is -2.26. The monoisotopic (exact) mass is 226 g/mol. The van der Waals surface area contributed by atoms with E-state index in [1.54, 1.807) is 18.2 Å². The van der Waals surface area contributed by atoms with E-state index in [2.05, 4.69) is 0 Å². The van der Waals surface area contributed by atoms with Crippen molar-refractivity contribution in [3.63, 3.8) is 0 Å². The number of hydrogen-bond acceptors (Lipinski definition) is 3. The van der Waals surface area contributed by atoms with Crippen molar-refractivity contribution < 1.29 is 18.6 Å². The minimum absolute atomic E-state index is 0.208. The molecule has 0 bridgehead atoms. The van der Waals surface area contributed by atoms with E-state index in [1.165, 1.54) is 6.07 Å². The van der Waals surface area contributed by atoms with Crippen LogP contribution < -0.4 is 4.74 Å². The number of benzene rings is 1. The van der Waals surface area contributed by atoms with Crippen LogP contribution in [0.4, 0.5) is 4.39 Å². The van der Waals surface area contributed by atoms with Crippen LogP contribution in [0.3, 0.4) is 0 Å². The average Bonchev–Trinajstić information content (AvgIpc) is 2.33. The van der Waals surface area contributed by atoms with Crippen LogP contribution in [0, 0.1) is 5.82 Å². The summed E-state index contributed by atoms with van der Waals surface area (Å²) >= 11 is 0. The Morgan fingerprint density at radius 2 is 2.00 bits per heavy atom. The fourth-order valence-electron chi connectivity index (χ4n) is 1.53. The lowest BCUT2D eigenvalue weighted by molar-refractivity contribution is -0.183. The van der Waals surface area contributed by atoms with Crippen molar-refractivity contribution in [3.05, 3.63) is 30.1 Å². The van der Waals surface area contributed by atoms with Crippen LogP contribution in [0.5, 0.6) is 5.75 Å². The van der Waals surface area contributed by atoms with Crippen molar-refractivity contribution in [1.29, 1.82) is 0 Å². The van der Waals surface area contributed by atoms with Gasteiger partial charge in [0, 0.05) is 6.42 Å². The van der Waals surface area contributed by atoms with Gasteiger partial charge in [-0.3, -0.25) is 0 Å². The molecule has 4 heteroatoms. The van der Waals surface area contributed by atoms with Gasteiger partial charge in [0.25, 0.3) is 0 Å². The standard InChI is InChI=1S/C12H15FO3/c13-10-4-1-2-5-11(10)14-9-6-12-15-7-3-8-16-12/h1-2,4-5,12H,3,6-9H2. The summed E-state index contributed by atoms with van der Waals surface area (Å²) in [4.78, 5) is 0. The van der Waals surface area contributed by atoms with E-state index in [-0.39, 0.29) is 17.9 Å². The smallest absolute Gasteiger partial charge is 0.165 e. The van der Waals surface area contributed by atoms with Crippen molar-refractivity contribution in [3.8, 4) is 5.75 Å². The first-order valence-electron chi connectivity index (χ1n) is 5.47. The zero-order chi connectivity index (χ0) is 11.2. The third kappa shape index (κ3) is 3.18. The molecular weight excluding hydrogens is 211 g/mol. The quantitative estimate of drug-likeness (QED) is 0.788. The van der Waals surface area contributed by atoms with Gasteiger partial charge in [-0.25, -0.2) is 4.39 Å². The molecule has 1 aliphatic heterocycles. The van der Waals surface area contributed by atoms with Crippen molar-refractivity contribution in [1.82, 2.24) is 0 Å². The molecule has 0 saturated carbocycles. The maximum Gasteiger partial charge on any atom is 0.165 e. The summed E-state index contributed by atoms with van der Waals surface area (Å²) in [6, 6.07) is 6.36. The average molecular weight is 226 g/mol. The molecule has 0 N–H and O–H groups in total. The molecule has 1 fully saturated rings. The highest BCUT2D eigenvalue weighted by Crippen LogP contribution is 2.16. The molecule has 1 aromatic carbocycles. The van der Waals surface area contributed by atoms with Gasteiger partial charge in [-0.2, -0.15) is 0 Å². The lowest BCUT2D eigenvalue weighted by atomic mass is 10.3. The molecule has 3 nitrogen and oxygen atoms in total. The molecule has 1 aliphatic rings. The summed E-state index contributed by atoms with van der Waals surface area (Å²) in [5, 5.41) is 0. The predicted octanol–water partition coefficient (Wildman–Crippen LogP) is 2.36. The minimum atomic E-state index is -0.340. The summed E-state index contributed by atoms with van der Waals surface area (Å²) in [7, 11) is 0. The highest BCUT2D eigenvalue weighted by molar-refractivity contribution is 5.23. The van der Waals surface area contributed by atoms with Gasteiger partial charge >= 0.3 is 0 Å². The summed E-state index contributed by atoms with van der Waals surface area (Å²) in [6.07, 6.45) is 1.35. The number of rotatable bonds is 4. The van der Waals surface area contributed by atoms with Gasteiger partial charge in [0.05, 0.1) is 19.8 Å². The molecule has 88 valence electrons. The molecule has 0 amide bonds. The first-order chi connectivity index (χ1) is 7.86. The molecule has 1 aromatic rings.